The van der Waals surface area contributed by atoms with E-state index in [0.717, 1.165) is 11.3 Å². The fourth-order valence-electron chi connectivity index (χ4n) is 1.36. The maximum absolute atomic E-state index is 10.7. The van der Waals surface area contributed by atoms with Gasteiger partial charge in [0.1, 0.15) is 5.75 Å². The van der Waals surface area contributed by atoms with E-state index < -0.39 is 5.97 Å². The SMILES string of the molecule is CNc1c(C)cc(C(=O)O)cc1OC. The van der Waals surface area contributed by atoms with E-state index in [9.17, 15) is 4.79 Å². The number of carboxylic acid groups (broad SMARTS) is 1. The Morgan fingerprint density at radius 1 is 1.50 bits per heavy atom. The van der Waals surface area contributed by atoms with Crippen LogP contribution in [-0.2, 0) is 0 Å². The number of hydrogen-bond donors (Lipinski definition) is 2. The first-order chi connectivity index (χ1) is 6.60. The third kappa shape index (κ3) is 1.79. The molecule has 14 heavy (non-hydrogen) atoms. The van der Waals surface area contributed by atoms with Crippen LogP contribution in [0.2, 0.25) is 0 Å². The van der Waals surface area contributed by atoms with Crippen molar-refractivity contribution in [1.29, 1.82) is 0 Å². The third-order valence-electron chi connectivity index (χ3n) is 2.02. The molecule has 1 aromatic rings. The largest absolute Gasteiger partial charge is 0.495 e. The van der Waals surface area contributed by atoms with Crippen LogP contribution >= 0.6 is 0 Å². The Bertz CT molecular complexity index is 361. The zero-order valence-corrected chi connectivity index (χ0v) is 8.42. The predicted molar refractivity (Wildman–Crippen MR) is 54.2 cm³/mol. The Kier molecular flexibility index (Phi) is 2.96. The van der Waals surface area contributed by atoms with Crippen LogP contribution in [0.25, 0.3) is 0 Å². The van der Waals surface area contributed by atoms with Crippen LogP contribution in [-0.4, -0.2) is 25.2 Å². The topological polar surface area (TPSA) is 58.6 Å². The van der Waals surface area contributed by atoms with Crippen LogP contribution < -0.4 is 10.1 Å². The quantitative estimate of drug-likeness (QED) is 0.771. The van der Waals surface area contributed by atoms with Gasteiger partial charge in [-0.3, -0.25) is 0 Å². The van der Waals surface area contributed by atoms with Crippen molar-refractivity contribution in [2.24, 2.45) is 0 Å². The number of aryl methyl sites for hydroxylation is 1. The Morgan fingerprint density at radius 3 is 2.57 bits per heavy atom. The molecule has 0 aliphatic rings. The molecule has 0 spiro atoms. The maximum Gasteiger partial charge on any atom is 0.335 e. The van der Waals surface area contributed by atoms with Gasteiger partial charge >= 0.3 is 5.97 Å². The van der Waals surface area contributed by atoms with E-state index in [0.29, 0.717) is 5.75 Å². The lowest BCUT2D eigenvalue weighted by Gasteiger charge is -2.11. The van der Waals surface area contributed by atoms with Gasteiger partial charge < -0.3 is 15.2 Å². The van der Waals surface area contributed by atoms with Crippen molar-refractivity contribution in [3.05, 3.63) is 23.3 Å². The number of anilines is 1. The third-order valence-corrected chi connectivity index (χ3v) is 2.02. The lowest BCUT2D eigenvalue weighted by Crippen LogP contribution is -2.02. The Labute approximate surface area is 82.5 Å². The van der Waals surface area contributed by atoms with Crippen LogP contribution in [0, 0.1) is 6.92 Å². The molecule has 0 radical (unpaired) electrons. The lowest BCUT2D eigenvalue weighted by molar-refractivity contribution is 0.0696. The van der Waals surface area contributed by atoms with Gasteiger partial charge in [0, 0.05) is 7.05 Å². The van der Waals surface area contributed by atoms with Crippen LogP contribution in [0.4, 0.5) is 5.69 Å². The van der Waals surface area contributed by atoms with Crippen LogP contribution in [0.15, 0.2) is 12.1 Å². The van der Waals surface area contributed by atoms with E-state index in [2.05, 4.69) is 5.32 Å². The normalized spacial score (nSPS) is 9.64. The highest BCUT2D eigenvalue weighted by Crippen LogP contribution is 2.29. The fourth-order valence-corrected chi connectivity index (χ4v) is 1.36. The number of aromatic carboxylic acids is 1. The summed E-state index contributed by atoms with van der Waals surface area (Å²) in [5, 5.41) is 11.8. The van der Waals surface area contributed by atoms with Crippen molar-refractivity contribution in [3.8, 4) is 5.75 Å². The van der Waals surface area contributed by atoms with Crippen LogP contribution in [0.5, 0.6) is 5.75 Å². The number of carbonyl (C=O) groups is 1. The number of carboxylic acids is 1. The molecular formula is C10H13NO3. The number of methoxy groups -OCH3 is 1. The molecule has 0 heterocycles. The van der Waals surface area contributed by atoms with Crippen molar-refractivity contribution in [2.45, 2.75) is 6.92 Å². The highest BCUT2D eigenvalue weighted by atomic mass is 16.5. The molecular weight excluding hydrogens is 182 g/mol. The summed E-state index contributed by atoms with van der Waals surface area (Å²) in [6.45, 7) is 1.83. The minimum absolute atomic E-state index is 0.235. The lowest BCUT2D eigenvalue weighted by atomic mass is 10.1. The summed E-state index contributed by atoms with van der Waals surface area (Å²) in [6, 6.07) is 3.11. The molecule has 0 unspecified atom stereocenters. The molecule has 0 aliphatic carbocycles. The summed E-state index contributed by atoms with van der Waals surface area (Å²) < 4.78 is 5.08. The second kappa shape index (κ2) is 4.00. The van der Waals surface area contributed by atoms with Gasteiger partial charge in [-0.2, -0.15) is 0 Å². The zero-order chi connectivity index (χ0) is 10.7. The van der Waals surface area contributed by atoms with Gasteiger partial charge in [0.05, 0.1) is 18.4 Å². The van der Waals surface area contributed by atoms with E-state index >= 15 is 0 Å². The first kappa shape index (κ1) is 10.4. The zero-order valence-electron chi connectivity index (χ0n) is 8.42. The minimum atomic E-state index is -0.950. The van der Waals surface area contributed by atoms with Gasteiger partial charge in [0.25, 0.3) is 0 Å². The predicted octanol–water partition coefficient (Wildman–Crippen LogP) is 1.74. The second-order valence-electron chi connectivity index (χ2n) is 2.93. The van der Waals surface area contributed by atoms with Crippen molar-refractivity contribution in [2.75, 3.05) is 19.5 Å². The monoisotopic (exact) mass is 195 g/mol. The highest BCUT2D eigenvalue weighted by molar-refractivity contribution is 5.89. The average molecular weight is 195 g/mol. The van der Waals surface area contributed by atoms with Gasteiger partial charge in [-0.1, -0.05) is 0 Å². The molecule has 1 aromatic carbocycles. The second-order valence-corrected chi connectivity index (χ2v) is 2.93. The molecule has 0 saturated carbocycles. The molecule has 76 valence electrons. The van der Waals surface area contributed by atoms with E-state index in [1.54, 1.807) is 13.1 Å². The van der Waals surface area contributed by atoms with E-state index in [1.165, 1.54) is 13.2 Å². The number of hydrogen-bond acceptors (Lipinski definition) is 3. The van der Waals surface area contributed by atoms with Crippen LogP contribution in [0.3, 0.4) is 0 Å². The van der Waals surface area contributed by atoms with Gasteiger partial charge in [0.15, 0.2) is 0 Å². The average Bonchev–Trinajstić information content (AvgIpc) is 2.16. The molecule has 0 fully saturated rings. The molecule has 0 amide bonds. The van der Waals surface area contributed by atoms with Crippen molar-refractivity contribution < 1.29 is 14.6 Å². The molecule has 0 bridgehead atoms. The molecule has 1 rings (SSSR count). The number of benzene rings is 1. The Balaban J connectivity index is 3.31. The summed E-state index contributed by atoms with van der Waals surface area (Å²) >= 11 is 0. The van der Waals surface area contributed by atoms with Gasteiger partial charge in [-0.05, 0) is 24.6 Å². The minimum Gasteiger partial charge on any atom is -0.495 e. The highest BCUT2D eigenvalue weighted by Gasteiger charge is 2.11. The summed E-state index contributed by atoms with van der Waals surface area (Å²) in [5.74, 6) is -0.404. The maximum atomic E-state index is 10.7. The summed E-state index contributed by atoms with van der Waals surface area (Å²) in [5.41, 5.74) is 1.90. The summed E-state index contributed by atoms with van der Waals surface area (Å²) in [4.78, 5) is 10.7. The van der Waals surface area contributed by atoms with Crippen LogP contribution in [0.1, 0.15) is 15.9 Å². The van der Waals surface area contributed by atoms with E-state index in [1.807, 2.05) is 6.92 Å². The van der Waals surface area contributed by atoms with E-state index in [-0.39, 0.29) is 5.56 Å². The molecule has 4 heteroatoms. The summed E-state index contributed by atoms with van der Waals surface area (Å²) in [7, 11) is 3.28. The number of rotatable bonds is 3. The summed E-state index contributed by atoms with van der Waals surface area (Å²) in [6.07, 6.45) is 0. The molecule has 0 saturated heterocycles. The molecule has 4 nitrogen and oxygen atoms in total. The Hall–Kier alpha value is -1.71. The standard InChI is InChI=1S/C10H13NO3/c1-6-4-7(10(12)13)5-8(14-3)9(6)11-2/h4-5,11H,1-3H3,(H,12,13). The van der Waals surface area contributed by atoms with Crippen molar-refractivity contribution in [1.82, 2.24) is 0 Å². The number of ether oxygens (including phenoxy) is 1. The smallest absolute Gasteiger partial charge is 0.335 e. The molecule has 0 aromatic heterocycles. The van der Waals surface area contributed by atoms with Gasteiger partial charge in [-0.15, -0.1) is 0 Å². The Morgan fingerprint density at radius 2 is 2.14 bits per heavy atom. The first-order valence-electron chi connectivity index (χ1n) is 4.19. The van der Waals surface area contributed by atoms with Crippen molar-refractivity contribution in [3.63, 3.8) is 0 Å². The first-order valence-corrected chi connectivity index (χ1v) is 4.19. The van der Waals surface area contributed by atoms with Crippen molar-refractivity contribution >= 4 is 11.7 Å². The fraction of sp³-hybridized carbons (Fsp3) is 0.300. The van der Waals surface area contributed by atoms with Gasteiger partial charge in [-0.25, -0.2) is 4.79 Å². The molecule has 0 aliphatic heterocycles. The molecule has 2 N–H and O–H groups in total. The number of nitrogens with one attached hydrogen (secondary N) is 1. The van der Waals surface area contributed by atoms with Gasteiger partial charge in [0.2, 0.25) is 0 Å². The van der Waals surface area contributed by atoms with E-state index in [4.69, 9.17) is 9.84 Å². The molecule has 0 atom stereocenters.